The summed E-state index contributed by atoms with van der Waals surface area (Å²) in [6.07, 6.45) is 2.21. The first-order valence-corrected chi connectivity index (χ1v) is 9.13. The van der Waals surface area contributed by atoms with E-state index in [4.69, 9.17) is 9.79 Å². The quantitative estimate of drug-likeness (QED) is 0.379. The third-order valence-electron chi connectivity index (χ3n) is 1.55. The highest BCUT2D eigenvalue weighted by Gasteiger charge is 2.28. The SMILES string of the molecule is O=P(O)(O)CP(=O)(O)CCCCCBr. The Labute approximate surface area is 91.7 Å². The maximum absolute atomic E-state index is 11.2. The highest BCUT2D eigenvalue weighted by molar-refractivity contribution is 9.09. The average molecular weight is 309 g/mol. The van der Waals surface area contributed by atoms with E-state index in [1.807, 2.05) is 0 Å². The summed E-state index contributed by atoms with van der Waals surface area (Å²) >= 11 is 3.22. The van der Waals surface area contributed by atoms with Crippen LogP contribution in [0.25, 0.3) is 0 Å². The van der Waals surface area contributed by atoms with Crippen molar-refractivity contribution in [1.82, 2.24) is 0 Å². The van der Waals surface area contributed by atoms with Gasteiger partial charge in [-0.05, 0) is 12.8 Å². The van der Waals surface area contributed by atoms with Gasteiger partial charge < -0.3 is 14.7 Å². The minimum absolute atomic E-state index is 0.00882. The number of hydrogen-bond acceptors (Lipinski definition) is 2. The Kier molecular flexibility index (Phi) is 6.79. The molecule has 1 unspecified atom stereocenters. The van der Waals surface area contributed by atoms with Gasteiger partial charge in [-0.15, -0.1) is 0 Å². The molecule has 0 spiro atoms. The Morgan fingerprint density at radius 3 is 2.00 bits per heavy atom. The molecule has 14 heavy (non-hydrogen) atoms. The third kappa shape index (κ3) is 9.38. The lowest BCUT2D eigenvalue weighted by atomic mass is 10.3. The highest BCUT2D eigenvalue weighted by Crippen LogP contribution is 2.54. The second-order valence-corrected chi connectivity index (χ2v) is 8.52. The zero-order chi connectivity index (χ0) is 11.2. The molecular formula is C6H15BrO5P2. The lowest BCUT2D eigenvalue weighted by Crippen LogP contribution is -1.96. The van der Waals surface area contributed by atoms with Crippen LogP contribution >= 0.6 is 30.9 Å². The fourth-order valence-corrected chi connectivity index (χ4v) is 4.97. The molecule has 0 saturated carbocycles. The van der Waals surface area contributed by atoms with Crippen molar-refractivity contribution in [3.05, 3.63) is 0 Å². The summed E-state index contributed by atoms with van der Waals surface area (Å²) in [7, 11) is -8.00. The molecular weight excluding hydrogens is 294 g/mol. The molecule has 0 aromatic rings. The van der Waals surface area contributed by atoms with Crippen molar-refractivity contribution >= 4 is 30.9 Å². The second-order valence-electron chi connectivity index (χ2n) is 3.13. The van der Waals surface area contributed by atoms with Gasteiger partial charge in [-0.3, -0.25) is 9.13 Å². The highest BCUT2D eigenvalue weighted by atomic mass is 79.9. The van der Waals surface area contributed by atoms with E-state index < -0.39 is 20.9 Å². The van der Waals surface area contributed by atoms with Crippen LogP contribution in [0, 0.1) is 0 Å². The van der Waals surface area contributed by atoms with Crippen molar-refractivity contribution in [3.63, 3.8) is 0 Å². The van der Waals surface area contributed by atoms with E-state index in [2.05, 4.69) is 15.9 Å². The van der Waals surface area contributed by atoms with Crippen molar-refractivity contribution in [3.8, 4) is 0 Å². The first kappa shape index (κ1) is 14.8. The van der Waals surface area contributed by atoms with Gasteiger partial charge in [-0.25, -0.2) is 0 Å². The molecule has 0 aromatic carbocycles. The molecule has 3 N–H and O–H groups in total. The Morgan fingerprint density at radius 2 is 1.57 bits per heavy atom. The van der Waals surface area contributed by atoms with Gasteiger partial charge in [-0.2, -0.15) is 0 Å². The lowest BCUT2D eigenvalue weighted by Gasteiger charge is -2.11. The first-order valence-electron chi connectivity index (χ1n) is 4.18. The van der Waals surface area contributed by atoms with Crippen molar-refractivity contribution in [2.45, 2.75) is 19.3 Å². The summed E-state index contributed by atoms with van der Waals surface area (Å²) in [5.74, 6) is -0.895. The summed E-state index contributed by atoms with van der Waals surface area (Å²) < 4.78 is 21.7. The molecule has 0 aliphatic rings. The monoisotopic (exact) mass is 308 g/mol. The van der Waals surface area contributed by atoms with Gasteiger partial charge in [0.25, 0.3) is 0 Å². The number of halogens is 1. The summed E-state index contributed by atoms with van der Waals surface area (Å²) in [5, 5.41) is 0.835. The van der Waals surface area contributed by atoms with Gasteiger partial charge in [0, 0.05) is 11.5 Å². The zero-order valence-electron chi connectivity index (χ0n) is 7.67. The Hall–Kier alpha value is 0.820. The fraction of sp³-hybridized carbons (Fsp3) is 1.00. The molecule has 0 bridgehead atoms. The Balaban J connectivity index is 3.85. The molecule has 8 heteroatoms. The number of hydrogen-bond donors (Lipinski definition) is 3. The van der Waals surface area contributed by atoms with Crippen LogP contribution in [0.3, 0.4) is 0 Å². The maximum Gasteiger partial charge on any atom is 0.335 e. The molecule has 86 valence electrons. The summed E-state index contributed by atoms with van der Waals surface area (Å²) in [4.78, 5) is 26.3. The van der Waals surface area contributed by atoms with Crippen LogP contribution in [-0.2, 0) is 9.13 Å². The molecule has 0 rings (SSSR count). The van der Waals surface area contributed by atoms with Crippen molar-refractivity contribution in [1.29, 1.82) is 0 Å². The van der Waals surface area contributed by atoms with Crippen molar-refractivity contribution in [2.24, 2.45) is 0 Å². The molecule has 1 atom stereocenters. The number of unbranched alkanes of at least 4 members (excludes halogenated alkanes) is 2. The maximum atomic E-state index is 11.2. The normalized spacial score (nSPS) is 16.6. The van der Waals surface area contributed by atoms with Crippen LogP contribution in [0.2, 0.25) is 0 Å². The number of rotatable bonds is 7. The summed E-state index contributed by atoms with van der Waals surface area (Å²) in [6.45, 7) is 0. The van der Waals surface area contributed by atoms with E-state index >= 15 is 0 Å². The molecule has 0 saturated heterocycles. The van der Waals surface area contributed by atoms with Crippen LogP contribution in [0.1, 0.15) is 19.3 Å². The van der Waals surface area contributed by atoms with Crippen LogP contribution in [-0.4, -0.2) is 32.1 Å². The van der Waals surface area contributed by atoms with E-state index in [0.29, 0.717) is 6.42 Å². The third-order valence-corrected chi connectivity index (χ3v) is 6.36. The van der Waals surface area contributed by atoms with Crippen LogP contribution in [0.4, 0.5) is 0 Å². The van der Waals surface area contributed by atoms with E-state index in [1.54, 1.807) is 0 Å². The molecule has 0 aliphatic heterocycles. The van der Waals surface area contributed by atoms with Gasteiger partial charge in [0.1, 0.15) is 5.90 Å². The van der Waals surface area contributed by atoms with Gasteiger partial charge >= 0.3 is 7.60 Å². The summed E-state index contributed by atoms with van der Waals surface area (Å²) in [5.41, 5.74) is 0. The first-order chi connectivity index (χ1) is 6.27. The summed E-state index contributed by atoms with van der Waals surface area (Å²) in [6, 6.07) is 0. The standard InChI is InChI=1S/C6H15BrO5P2/c7-4-2-1-3-5-13(8,9)6-14(10,11)12/h1-6H2,(H,8,9)(H2,10,11,12). The Morgan fingerprint density at radius 1 is 1.00 bits per heavy atom. The van der Waals surface area contributed by atoms with Gasteiger partial charge in [0.2, 0.25) is 7.37 Å². The molecule has 0 heterocycles. The predicted molar refractivity (Wildman–Crippen MR) is 59.2 cm³/mol. The van der Waals surface area contributed by atoms with E-state index in [-0.39, 0.29) is 6.16 Å². The minimum Gasteiger partial charge on any atom is -0.344 e. The largest absolute Gasteiger partial charge is 0.344 e. The molecule has 0 amide bonds. The molecule has 0 fully saturated rings. The average Bonchev–Trinajstić information content (AvgIpc) is 1.93. The fourth-order valence-electron chi connectivity index (χ4n) is 0.989. The zero-order valence-corrected chi connectivity index (χ0v) is 11.0. The van der Waals surface area contributed by atoms with Gasteiger partial charge in [-0.1, -0.05) is 22.4 Å². The van der Waals surface area contributed by atoms with E-state index in [1.165, 1.54) is 0 Å². The number of alkyl halides is 1. The van der Waals surface area contributed by atoms with Gasteiger partial charge in [0.15, 0.2) is 0 Å². The molecule has 0 aliphatic carbocycles. The lowest BCUT2D eigenvalue weighted by molar-refractivity contribution is 0.375. The molecule has 0 radical (unpaired) electrons. The minimum atomic E-state index is -4.37. The van der Waals surface area contributed by atoms with E-state index in [0.717, 1.165) is 18.2 Å². The Bertz CT molecular complexity index is 251. The topological polar surface area (TPSA) is 94.8 Å². The van der Waals surface area contributed by atoms with Crippen LogP contribution in [0.5, 0.6) is 0 Å². The smallest absolute Gasteiger partial charge is 0.335 e. The van der Waals surface area contributed by atoms with Crippen molar-refractivity contribution < 1.29 is 23.8 Å². The van der Waals surface area contributed by atoms with Gasteiger partial charge in [0.05, 0.1) is 0 Å². The second kappa shape index (κ2) is 6.41. The molecule has 0 aromatic heterocycles. The molecule has 5 nitrogen and oxygen atoms in total. The van der Waals surface area contributed by atoms with E-state index in [9.17, 15) is 14.0 Å². The predicted octanol–water partition coefficient (Wildman–Crippen LogP) is 1.96. The van der Waals surface area contributed by atoms with Crippen molar-refractivity contribution in [2.75, 3.05) is 17.4 Å². The van der Waals surface area contributed by atoms with Crippen LogP contribution in [0.15, 0.2) is 0 Å². The van der Waals surface area contributed by atoms with Crippen LogP contribution < -0.4 is 0 Å².